The van der Waals surface area contributed by atoms with Gasteiger partial charge in [-0.1, -0.05) is 42.5 Å². The molecule has 0 bridgehead atoms. The fourth-order valence-electron chi connectivity index (χ4n) is 4.42. The number of carbonyl (C=O) groups is 4. The predicted molar refractivity (Wildman–Crippen MR) is 121 cm³/mol. The lowest BCUT2D eigenvalue weighted by molar-refractivity contribution is -0.143. The van der Waals surface area contributed by atoms with Gasteiger partial charge in [0.1, 0.15) is 6.04 Å². The Morgan fingerprint density at radius 1 is 1.03 bits per heavy atom. The first kappa shape index (κ1) is 23.7. The molecule has 1 aromatic rings. The number of fused-ring (bicyclic) bond motifs is 1. The molecule has 3 rings (SSSR count). The summed E-state index contributed by atoms with van der Waals surface area (Å²) in [5.74, 6) is -1.41. The van der Waals surface area contributed by atoms with Crippen molar-refractivity contribution in [1.29, 1.82) is 0 Å². The van der Waals surface area contributed by atoms with Gasteiger partial charge in [0.05, 0.1) is 11.8 Å². The Bertz CT molecular complexity index is 854. The van der Waals surface area contributed by atoms with E-state index in [1.54, 1.807) is 11.8 Å². The van der Waals surface area contributed by atoms with Gasteiger partial charge in [0.2, 0.25) is 23.6 Å². The third-order valence-electron chi connectivity index (χ3n) is 6.23. The Hall–Kier alpha value is -2.96. The van der Waals surface area contributed by atoms with Crippen LogP contribution in [-0.2, 0) is 25.6 Å². The molecule has 3 atom stereocenters. The minimum absolute atomic E-state index is 0.0123. The van der Waals surface area contributed by atoms with E-state index in [1.807, 2.05) is 56.3 Å². The summed E-state index contributed by atoms with van der Waals surface area (Å²) >= 11 is 0. The number of rotatable bonds is 9. The first-order valence-corrected chi connectivity index (χ1v) is 11.4. The molecule has 32 heavy (non-hydrogen) atoms. The van der Waals surface area contributed by atoms with E-state index >= 15 is 0 Å². The molecule has 1 saturated heterocycles. The van der Waals surface area contributed by atoms with E-state index in [9.17, 15) is 19.2 Å². The standard InChI is InChI=1S/C25H33N3O4/c1-17(2)26-23(30)18(3)27(15-13-19-9-5-4-6-10-19)22(29)14-16-28-24(31)20-11-7-8-12-21(20)25(28)32/h4-10,17-18,20-21H,11-16H2,1-3H3,(H,26,30)/t18-,20-,21+/m0/s1. The van der Waals surface area contributed by atoms with Crippen LogP contribution in [0.5, 0.6) is 0 Å². The van der Waals surface area contributed by atoms with Crippen molar-refractivity contribution in [2.75, 3.05) is 13.1 Å². The topological polar surface area (TPSA) is 86.8 Å². The average molecular weight is 440 g/mol. The second-order valence-corrected chi connectivity index (χ2v) is 8.90. The molecule has 4 amide bonds. The second-order valence-electron chi connectivity index (χ2n) is 8.90. The molecule has 1 aliphatic heterocycles. The van der Waals surface area contributed by atoms with E-state index < -0.39 is 6.04 Å². The molecule has 2 aliphatic rings. The molecule has 172 valence electrons. The minimum Gasteiger partial charge on any atom is -0.352 e. The number of hydrogen-bond acceptors (Lipinski definition) is 4. The lowest BCUT2D eigenvalue weighted by atomic mass is 9.85. The maximum Gasteiger partial charge on any atom is 0.242 e. The van der Waals surface area contributed by atoms with Crippen LogP contribution in [0.25, 0.3) is 0 Å². The van der Waals surface area contributed by atoms with Crippen LogP contribution in [0.2, 0.25) is 0 Å². The highest BCUT2D eigenvalue weighted by Gasteiger charge is 2.47. The van der Waals surface area contributed by atoms with Crippen LogP contribution in [0, 0.1) is 11.8 Å². The monoisotopic (exact) mass is 439 g/mol. The molecule has 1 aromatic carbocycles. The number of amides is 4. The normalized spacial score (nSPS) is 20.9. The van der Waals surface area contributed by atoms with Crippen LogP contribution in [0.15, 0.2) is 42.5 Å². The molecule has 0 unspecified atom stereocenters. The van der Waals surface area contributed by atoms with Crippen molar-refractivity contribution in [2.24, 2.45) is 11.8 Å². The van der Waals surface area contributed by atoms with Crippen molar-refractivity contribution < 1.29 is 19.2 Å². The minimum atomic E-state index is -0.648. The van der Waals surface area contributed by atoms with E-state index in [0.717, 1.165) is 5.56 Å². The third kappa shape index (κ3) is 5.44. The van der Waals surface area contributed by atoms with E-state index in [4.69, 9.17) is 0 Å². The molecule has 0 spiro atoms. The quantitative estimate of drug-likeness (QED) is 0.473. The highest BCUT2D eigenvalue weighted by atomic mass is 16.2. The van der Waals surface area contributed by atoms with Gasteiger partial charge in [-0.3, -0.25) is 24.1 Å². The maximum atomic E-state index is 13.2. The molecule has 1 N–H and O–H groups in total. The maximum absolute atomic E-state index is 13.2. The molecule has 1 aliphatic carbocycles. The number of likely N-dealkylation sites (tertiary alicyclic amines) is 1. The molecule has 0 aromatic heterocycles. The van der Waals surface area contributed by atoms with Crippen molar-refractivity contribution in [2.45, 2.75) is 58.5 Å². The molecule has 7 nitrogen and oxygen atoms in total. The summed E-state index contributed by atoms with van der Waals surface area (Å²) in [6.07, 6.45) is 5.68. The molecular weight excluding hydrogens is 406 g/mol. The zero-order valence-corrected chi connectivity index (χ0v) is 19.1. The van der Waals surface area contributed by atoms with Crippen molar-refractivity contribution in [1.82, 2.24) is 15.1 Å². The van der Waals surface area contributed by atoms with Crippen molar-refractivity contribution in [3.8, 4) is 0 Å². The smallest absolute Gasteiger partial charge is 0.242 e. The zero-order valence-electron chi connectivity index (χ0n) is 19.1. The second kappa shape index (κ2) is 10.6. The Kier molecular flexibility index (Phi) is 7.83. The number of nitrogens with one attached hydrogen (secondary N) is 1. The van der Waals surface area contributed by atoms with Gasteiger partial charge in [-0.15, -0.1) is 0 Å². The van der Waals surface area contributed by atoms with Gasteiger partial charge < -0.3 is 10.2 Å². The van der Waals surface area contributed by atoms with Gasteiger partial charge in [0, 0.05) is 25.6 Å². The van der Waals surface area contributed by atoms with E-state index in [1.165, 1.54) is 4.90 Å². The number of imide groups is 1. The van der Waals surface area contributed by atoms with E-state index in [0.29, 0.717) is 25.8 Å². The SMILES string of the molecule is CC(C)NC(=O)[C@H](C)N(CCc1ccccc1)C(=O)CCN1C(=O)[C@H]2CC=CC[C@H]2C1=O. The summed E-state index contributed by atoms with van der Waals surface area (Å²) in [6, 6.07) is 9.10. The van der Waals surface area contributed by atoms with Crippen LogP contribution >= 0.6 is 0 Å². The number of carbonyl (C=O) groups excluding carboxylic acids is 4. The molecule has 7 heteroatoms. The van der Waals surface area contributed by atoms with Crippen molar-refractivity contribution in [3.63, 3.8) is 0 Å². The summed E-state index contributed by atoms with van der Waals surface area (Å²) in [4.78, 5) is 54.0. The lowest BCUT2D eigenvalue weighted by Crippen LogP contribution is -2.50. The number of benzene rings is 1. The fourth-order valence-corrected chi connectivity index (χ4v) is 4.42. The third-order valence-corrected chi connectivity index (χ3v) is 6.23. The molecular formula is C25H33N3O4. The molecule has 1 heterocycles. The summed E-state index contributed by atoms with van der Waals surface area (Å²) in [5, 5.41) is 2.86. The van der Waals surface area contributed by atoms with Crippen molar-refractivity contribution >= 4 is 23.6 Å². The van der Waals surface area contributed by atoms with Gasteiger partial charge in [0.25, 0.3) is 0 Å². The van der Waals surface area contributed by atoms with Crippen LogP contribution in [0.3, 0.4) is 0 Å². The van der Waals surface area contributed by atoms with Crippen LogP contribution in [-0.4, -0.2) is 58.6 Å². The summed E-state index contributed by atoms with van der Waals surface area (Å²) in [6.45, 7) is 5.91. The van der Waals surface area contributed by atoms with E-state index in [2.05, 4.69) is 5.32 Å². The lowest BCUT2D eigenvalue weighted by Gasteiger charge is -2.30. The highest BCUT2D eigenvalue weighted by Crippen LogP contribution is 2.35. The first-order chi connectivity index (χ1) is 15.3. The Morgan fingerprint density at radius 2 is 1.62 bits per heavy atom. The zero-order chi connectivity index (χ0) is 23.3. The van der Waals surface area contributed by atoms with Gasteiger partial charge in [-0.25, -0.2) is 0 Å². The van der Waals surface area contributed by atoms with Gasteiger partial charge >= 0.3 is 0 Å². The Balaban J connectivity index is 1.66. The van der Waals surface area contributed by atoms with Crippen LogP contribution in [0.1, 0.15) is 45.6 Å². The highest BCUT2D eigenvalue weighted by molar-refractivity contribution is 6.05. The first-order valence-electron chi connectivity index (χ1n) is 11.4. The van der Waals surface area contributed by atoms with Gasteiger partial charge in [-0.05, 0) is 45.6 Å². The Morgan fingerprint density at radius 3 is 2.19 bits per heavy atom. The molecule has 0 saturated carbocycles. The van der Waals surface area contributed by atoms with Crippen LogP contribution in [0.4, 0.5) is 0 Å². The largest absolute Gasteiger partial charge is 0.352 e. The molecule has 0 radical (unpaired) electrons. The number of nitrogens with zero attached hydrogens (tertiary/aromatic N) is 2. The van der Waals surface area contributed by atoms with Crippen molar-refractivity contribution in [3.05, 3.63) is 48.0 Å². The van der Waals surface area contributed by atoms with Gasteiger partial charge in [0.15, 0.2) is 0 Å². The average Bonchev–Trinajstić information content (AvgIpc) is 3.02. The summed E-state index contributed by atoms with van der Waals surface area (Å²) < 4.78 is 0. The predicted octanol–water partition coefficient (Wildman–Crippen LogP) is 2.31. The number of hydrogen-bond donors (Lipinski definition) is 1. The molecule has 1 fully saturated rings. The summed E-state index contributed by atoms with van der Waals surface area (Å²) in [7, 11) is 0. The van der Waals surface area contributed by atoms with Gasteiger partial charge in [-0.2, -0.15) is 0 Å². The number of allylic oxidation sites excluding steroid dienone is 2. The van der Waals surface area contributed by atoms with E-state index in [-0.39, 0.29) is 54.5 Å². The van der Waals surface area contributed by atoms with Crippen LogP contribution < -0.4 is 5.32 Å². The Labute approximate surface area is 189 Å². The summed E-state index contributed by atoms with van der Waals surface area (Å²) in [5.41, 5.74) is 1.07. The fraction of sp³-hybridized carbons (Fsp3) is 0.520.